The van der Waals surface area contributed by atoms with Gasteiger partial charge in [-0.05, 0) is 36.4 Å². The van der Waals surface area contributed by atoms with Crippen LogP contribution in [0.4, 0.5) is 14.9 Å². The largest absolute Gasteiger partial charge is 0.444 e. The van der Waals surface area contributed by atoms with Gasteiger partial charge in [-0.15, -0.1) is 0 Å². The number of aliphatic hydroxyl groups excluding tert-OH is 1. The van der Waals surface area contributed by atoms with E-state index in [1.54, 1.807) is 27.7 Å². The number of para-hydroxylation sites is 3. The van der Waals surface area contributed by atoms with E-state index in [-0.39, 0.29) is 18.9 Å². The second-order valence-corrected chi connectivity index (χ2v) is 9.48. The van der Waals surface area contributed by atoms with Gasteiger partial charge < -0.3 is 9.84 Å². The summed E-state index contributed by atoms with van der Waals surface area (Å²) in [7, 11) is 0. The molecule has 0 unspecified atom stereocenters. The van der Waals surface area contributed by atoms with Gasteiger partial charge in [-0.2, -0.15) is 10.2 Å². The maximum atomic E-state index is 14.0. The minimum Gasteiger partial charge on any atom is -0.444 e. The summed E-state index contributed by atoms with van der Waals surface area (Å²) in [6.07, 6.45) is 2.85. The van der Waals surface area contributed by atoms with Crippen molar-refractivity contribution < 1.29 is 19.0 Å². The molecule has 2 heterocycles. The molecule has 42 heavy (non-hydrogen) atoms. The molecule has 0 atom stereocenters. The highest BCUT2D eigenvalue weighted by Crippen LogP contribution is 2.29. The Labute approximate surface area is 241 Å². The molecule has 8 nitrogen and oxygen atoms in total. The van der Waals surface area contributed by atoms with Gasteiger partial charge in [-0.1, -0.05) is 72.8 Å². The van der Waals surface area contributed by atoms with E-state index in [4.69, 9.17) is 14.9 Å². The van der Waals surface area contributed by atoms with Crippen LogP contribution in [0.5, 0.6) is 0 Å². The smallest absolute Gasteiger partial charge is 0.412 e. The van der Waals surface area contributed by atoms with Crippen LogP contribution in [0.1, 0.15) is 11.1 Å². The average Bonchev–Trinajstić information content (AvgIpc) is 3.67. The number of anilines is 1. The zero-order valence-electron chi connectivity index (χ0n) is 22.4. The van der Waals surface area contributed by atoms with E-state index in [0.717, 1.165) is 22.5 Å². The van der Waals surface area contributed by atoms with E-state index < -0.39 is 11.9 Å². The predicted molar refractivity (Wildman–Crippen MR) is 158 cm³/mol. The van der Waals surface area contributed by atoms with Crippen LogP contribution in [0, 0.1) is 5.82 Å². The monoisotopic (exact) mass is 559 g/mol. The van der Waals surface area contributed by atoms with E-state index in [9.17, 15) is 14.3 Å². The third kappa shape index (κ3) is 5.67. The quantitative estimate of drug-likeness (QED) is 0.215. The van der Waals surface area contributed by atoms with Gasteiger partial charge in [-0.25, -0.2) is 18.5 Å². The van der Waals surface area contributed by atoms with Crippen LogP contribution in [-0.4, -0.2) is 30.8 Å². The van der Waals surface area contributed by atoms with Crippen LogP contribution in [0.25, 0.3) is 33.9 Å². The number of amides is 1. The van der Waals surface area contributed by atoms with E-state index in [0.29, 0.717) is 22.5 Å². The number of carbonyl (C=O) groups excluding carboxylic acids is 1. The molecule has 6 aromatic rings. The lowest BCUT2D eigenvalue weighted by Gasteiger charge is -2.08. The first-order chi connectivity index (χ1) is 20.6. The highest BCUT2D eigenvalue weighted by Gasteiger charge is 2.17. The van der Waals surface area contributed by atoms with Crippen LogP contribution in [0.15, 0.2) is 122 Å². The highest BCUT2D eigenvalue weighted by molar-refractivity contribution is 5.84. The van der Waals surface area contributed by atoms with E-state index >= 15 is 0 Å². The molecule has 0 aliphatic heterocycles. The van der Waals surface area contributed by atoms with Crippen molar-refractivity contribution in [2.75, 3.05) is 5.32 Å². The van der Waals surface area contributed by atoms with Crippen molar-refractivity contribution in [2.45, 2.75) is 13.2 Å². The molecular formula is C33H26FN5O3. The van der Waals surface area contributed by atoms with Crippen LogP contribution >= 0.6 is 0 Å². The van der Waals surface area contributed by atoms with E-state index in [1.807, 2.05) is 91.1 Å². The van der Waals surface area contributed by atoms with Crippen molar-refractivity contribution in [3.8, 4) is 33.9 Å². The summed E-state index contributed by atoms with van der Waals surface area (Å²) in [6.45, 7) is -0.234. The highest BCUT2D eigenvalue weighted by atomic mass is 19.1. The zero-order chi connectivity index (χ0) is 28.9. The van der Waals surface area contributed by atoms with Crippen LogP contribution in [0.2, 0.25) is 0 Å². The summed E-state index contributed by atoms with van der Waals surface area (Å²) in [5.74, 6) is -0.551. The molecule has 1 amide bonds. The SMILES string of the molecule is O=C(Nc1ccccc1F)OCc1cn(-c2ccccc2)nc1-c1ccc(-c2nn(-c3ccccc3)cc2CO)cc1. The van der Waals surface area contributed by atoms with Crippen molar-refractivity contribution in [3.05, 3.63) is 139 Å². The molecule has 9 heteroatoms. The van der Waals surface area contributed by atoms with Crippen LogP contribution < -0.4 is 5.32 Å². The molecule has 0 aliphatic carbocycles. The van der Waals surface area contributed by atoms with Crippen molar-refractivity contribution >= 4 is 11.8 Å². The predicted octanol–water partition coefficient (Wildman–Crippen LogP) is 6.77. The molecule has 0 fully saturated rings. The summed E-state index contributed by atoms with van der Waals surface area (Å²) >= 11 is 0. The first-order valence-electron chi connectivity index (χ1n) is 13.3. The molecule has 2 N–H and O–H groups in total. The van der Waals surface area contributed by atoms with Gasteiger partial charge in [0.2, 0.25) is 0 Å². The third-order valence-corrected chi connectivity index (χ3v) is 6.69. The Hall–Kier alpha value is -5.54. The summed E-state index contributed by atoms with van der Waals surface area (Å²) in [5.41, 5.74) is 6.08. The Morgan fingerprint density at radius 3 is 1.76 bits per heavy atom. The molecule has 0 saturated carbocycles. The number of carbonyl (C=O) groups is 1. The van der Waals surface area contributed by atoms with Gasteiger partial charge in [0.1, 0.15) is 12.4 Å². The summed E-state index contributed by atoms with van der Waals surface area (Å²) in [6, 6.07) is 32.9. The van der Waals surface area contributed by atoms with Gasteiger partial charge in [0.25, 0.3) is 0 Å². The van der Waals surface area contributed by atoms with Gasteiger partial charge in [0, 0.05) is 34.6 Å². The summed E-state index contributed by atoms with van der Waals surface area (Å²) < 4.78 is 22.9. The molecule has 0 bridgehead atoms. The van der Waals surface area contributed by atoms with E-state index in [1.165, 1.54) is 12.1 Å². The average molecular weight is 560 g/mol. The van der Waals surface area contributed by atoms with Gasteiger partial charge >= 0.3 is 6.09 Å². The fourth-order valence-corrected chi connectivity index (χ4v) is 4.59. The Morgan fingerprint density at radius 2 is 1.21 bits per heavy atom. The molecule has 4 aromatic carbocycles. The normalized spacial score (nSPS) is 10.9. The number of aromatic nitrogens is 4. The standard InChI is InChI=1S/C33H26FN5O3/c34-29-13-7-8-14-30(29)35-33(41)42-22-26-20-39(28-11-5-2-6-12-28)37-32(26)24-17-15-23(16-18-24)31-25(21-40)19-38(36-31)27-9-3-1-4-10-27/h1-20,40H,21-22H2,(H,35,41). The van der Waals surface area contributed by atoms with Gasteiger partial charge in [0.15, 0.2) is 0 Å². The lowest BCUT2D eigenvalue weighted by Crippen LogP contribution is -2.14. The fourth-order valence-electron chi connectivity index (χ4n) is 4.59. The number of nitrogens with one attached hydrogen (secondary N) is 1. The van der Waals surface area contributed by atoms with Crippen LogP contribution in [-0.2, 0) is 18.0 Å². The number of nitrogens with zero attached hydrogens (tertiary/aromatic N) is 4. The molecule has 0 spiro atoms. The fraction of sp³-hybridized carbons (Fsp3) is 0.0606. The number of hydrogen-bond acceptors (Lipinski definition) is 5. The van der Waals surface area contributed by atoms with Crippen molar-refractivity contribution in [3.63, 3.8) is 0 Å². The zero-order valence-corrected chi connectivity index (χ0v) is 22.4. The lowest BCUT2D eigenvalue weighted by atomic mass is 10.0. The second kappa shape index (κ2) is 11.9. The molecule has 2 aromatic heterocycles. The minimum absolute atomic E-state index is 0.0373. The third-order valence-electron chi connectivity index (χ3n) is 6.69. The maximum absolute atomic E-state index is 14.0. The summed E-state index contributed by atoms with van der Waals surface area (Å²) in [4.78, 5) is 12.5. The number of halogens is 1. The molecule has 208 valence electrons. The van der Waals surface area contributed by atoms with Crippen LogP contribution in [0.3, 0.4) is 0 Å². The number of ether oxygens (including phenoxy) is 1. The Morgan fingerprint density at radius 1 is 0.714 bits per heavy atom. The topological polar surface area (TPSA) is 94.2 Å². The first kappa shape index (κ1) is 26.7. The van der Waals surface area contributed by atoms with Gasteiger partial charge in [0.05, 0.1) is 35.1 Å². The van der Waals surface area contributed by atoms with Gasteiger partial charge in [-0.3, -0.25) is 5.32 Å². The lowest BCUT2D eigenvalue weighted by molar-refractivity contribution is 0.155. The molecule has 0 saturated heterocycles. The second-order valence-electron chi connectivity index (χ2n) is 9.48. The Balaban J connectivity index is 1.28. The minimum atomic E-state index is -0.778. The number of hydrogen-bond donors (Lipinski definition) is 2. The molecule has 0 radical (unpaired) electrons. The summed E-state index contributed by atoms with van der Waals surface area (Å²) in [5, 5.41) is 21.9. The number of rotatable bonds is 8. The maximum Gasteiger partial charge on any atom is 0.412 e. The molecule has 0 aliphatic rings. The molecule has 6 rings (SSSR count). The molecular weight excluding hydrogens is 533 g/mol. The van der Waals surface area contributed by atoms with Crippen molar-refractivity contribution in [1.82, 2.24) is 19.6 Å². The first-order valence-corrected chi connectivity index (χ1v) is 13.3. The number of benzene rings is 4. The Bertz CT molecular complexity index is 1820. The van der Waals surface area contributed by atoms with Crippen molar-refractivity contribution in [1.29, 1.82) is 0 Å². The van der Waals surface area contributed by atoms with E-state index in [2.05, 4.69) is 5.32 Å². The van der Waals surface area contributed by atoms with Crippen molar-refractivity contribution in [2.24, 2.45) is 0 Å². The Kier molecular flexibility index (Phi) is 7.56. The number of aliphatic hydroxyl groups is 1.